The highest BCUT2D eigenvalue weighted by Gasteiger charge is 2.23. The molecule has 2 heterocycles. The van der Waals surface area contributed by atoms with Crippen LogP contribution in [0, 0.1) is 19.8 Å². The number of benzene rings is 1. The van der Waals surface area contributed by atoms with Gasteiger partial charge in [-0.3, -0.25) is 9.88 Å². The van der Waals surface area contributed by atoms with Crippen LogP contribution in [0.1, 0.15) is 29.7 Å². The molecule has 0 spiro atoms. The summed E-state index contributed by atoms with van der Waals surface area (Å²) in [5, 5.41) is 0. The van der Waals surface area contributed by atoms with Crippen LogP contribution in [0.5, 0.6) is 0 Å². The van der Waals surface area contributed by atoms with Crippen LogP contribution in [0.15, 0.2) is 47.5 Å². The molecule has 1 aliphatic rings. The van der Waals surface area contributed by atoms with Crippen LogP contribution >= 0.6 is 0 Å². The second kappa shape index (κ2) is 8.29. The van der Waals surface area contributed by atoms with Gasteiger partial charge in [-0.2, -0.15) is 0 Å². The molecule has 0 amide bonds. The summed E-state index contributed by atoms with van der Waals surface area (Å²) in [6.45, 7) is 7.14. The van der Waals surface area contributed by atoms with E-state index >= 15 is 0 Å². The normalized spacial score (nSPS) is 16.7. The number of nitrogens with zero attached hydrogens (tertiary/aromatic N) is 2. The highest BCUT2D eigenvalue weighted by atomic mass is 32.2. The molecule has 0 atom stereocenters. The highest BCUT2D eigenvalue weighted by Crippen LogP contribution is 2.20. The molecule has 0 radical (unpaired) electrons. The molecule has 0 aliphatic carbocycles. The Morgan fingerprint density at radius 1 is 1.15 bits per heavy atom. The molecular weight excluding hydrogens is 346 g/mol. The van der Waals surface area contributed by atoms with Gasteiger partial charge in [0, 0.05) is 19.3 Å². The highest BCUT2D eigenvalue weighted by molar-refractivity contribution is 7.89. The van der Waals surface area contributed by atoms with Crippen LogP contribution in [0.3, 0.4) is 0 Å². The average Bonchev–Trinajstić information content (AvgIpc) is 2.62. The van der Waals surface area contributed by atoms with E-state index in [-0.39, 0.29) is 0 Å². The van der Waals surface area contributed by atoms with Crippen LogP contribution in [0.2, 0.25) is 0 Å². The van der Waals surface area contributed by atoms with E-state index < -0.39 is 10.0 Å². The van der Waals surface area contributed by atoms with Gasteiger partial charge < -0.3 is 0 Å². The lowest BCUT2D eigenvalue weighted by Crippen LogP contribution is -2.38. The Labute approximate surface area is 156 Å². The smallest absolute Gasteiger partial charge is 0.240 e. The molecule has 26 heavy (non-hydrogen) atoms. The number of rotatable bonds is 6. The molecule has 1 aliphatic heterocycles. The van der Waals surface area contributed by atoms with Crippen LogP contribution in [0.25, 0.3) is 0 Å². The Bertz CT molecular complexity index is 829. The predicted molar refractivity (Wildman–Crippen MR) is 103 cm³/mol. The van der Waals surface area contributed by atoms with Crippen molar-refractivity contribution in [2.45, 2.75) is 38.1 Å². The fourth-order valence-electron chi connectivity index (χ4n) is 3.48. The Balaban J connectivity index is 1.50. The van der Waals surface area contributed by atoms with Crippen molar-refractivity contribution in [1.29, 1.82) is 0 Å². The van der Waals surface area contributed by atoms with Gasteiger partial charge in [-0.15, -0.1) is 0 Å². The number of aromatic nitrogens is 1. The molecule has 0 bridgehead atoms. The van der Waals surface area contributed by atoms with Gasteiger partial charge >= 0.3 is 0 Å². The second-order valence-electron chi connectivity index (χ2n) is 7.16. The maximum absolute atomic E-state index is 12.6. The van der Waals surface area contributed by atoms with E-state index in [1.54, 1.807) is 6.07 Å². The summed E-state index contributed by atoms with van der Waals surface area (Å²) >= 11 is 0. The van der Waals surface area contributed by atoms with Gasteiger partial charge in [0.2, 0.25) is 10.0 Å². The molecule has 1 saturated heterocycles. The molecule has 1 aromatic heterocycles. The SMILES string of the molecule is Cc1ccc(S(=O)(=O)NCC2CCN(Cc3ccccn3)CC2)c(C)c1. The number of aryl methyl sites for hydroxylation is 2. The number of sulfonamides is 1. The molecule has 5 nitrogen and oxygen atoms in total. The second-order valence-corrected chi connectivity index (χ2v) is 8.90. The van der Waals surface area contributed by atoms with E-state index in [1.807, 2.05) is 50.4 Å². The zero-order valence-electron chi connectivity index (χ0n) is 15.5. The standard InChI is InChI=1S/C20H27N3O2S/c1-16-6-7-20(17(2)13-16)26(24,25)22-14-18-8-11-23(12-9-18)15-19-5-3-4-10-21-19/h3-7,10,13,18,22H,8-9,11-12,14-15H2,1-2H3. The lowest BCUT2D eigenvalue weighted by molar-refractivity contribution is 0.177. The van der Waals surface area contributed by atoms with E-state index in [9.17, 15) is 8.42 Å². The van der Waals surface area contributed by atoms with Crippen LogP contribution in [-0.2, 0) is 16.6 Å². The lowest BCUT2D eigenvalue weighted by Gasteiger charge is -2.31. The average molecular weight is 374 g/mol. The van der Waals surface area contributed by atoms with E-state index in [0.29, 0.717) is 17.4 Å². The first kappa shape index (κ1) is 19.0. The van der Waals surface area contributed by atoms with Gasteiger partial charge in [-0.25, -0.2) is 13.1 Å². The minimum absolute atomic E-state index is 0.385. The summed E-state index contributed by atoms with van der Waals surface area (Å²) in [6.07, 6.45) is 3.83. The van der Waals surface area contributed by atoms with E-state index in [4.69, 9.17) is 0 Å². The maximum atomic E-state index is 12.6. The zero-order chi connectivity index (χ0) is 18.6. The van der Waals surface area contributed by atoms with Crippen LogP contribution in [-0.4, -0.2) is 37.9 Å². The topological polar surface area (TPSA) is 62.3 Å². The Morgan fingerprint density at radius 3 is 2.58 bits per heavy atom. The molecule has 3 rings (SSSR count). The summed E-state index contributed by atoms with van der Waals surface area (Å²) in [4.78, 5) is 7.15. The molecule has 6 heteroatoms. The van der Waals surface area contributed by atoms with Crippen molar-refractivity contribution in [1.82, 2.24) is 14.6 Å². The molecule has 1 N–H and O–H groups in total. The molecule has 0 unspecified atom stereocenters. The Kier molecular flexibility index (Phi) is 6.06. The molecule has 2 aromatic rings. The van der Waals surface area contributed by atoms with Gasteiger partial charge in [0.1, 0.15) is 0 Å². The molecular formula is C20H27N3O2S. The fourth-order valence-corrected chi connectivity index (χ4v) is 4.82. The van der Waals surface area contributed by atoms with E-state index in [2.05, 4.69) is 14.6 Å². The first-order valence-electron chi connectivity index (χ1n) is 9.13. The first-order valence-corrected chi connectivity index (χ1v) is 10.6. The van der Waals surface area contributed by atoms with Gasteiger partial charge in [-0.1, -0.05) is 23.8 Å². The third kappa shape index (κ3) is 4.90. The largest absolute Gasteiger partial charge is 0.297 e. The summed E-state index contributed by atoms with van der Waals surface area (Å²) in [5.41, 5.74) is 2.95. The Hall–Kier alpha value is -1.76. The van der Waals surface area contributed by atoms with E-state index in [0.717, 1.165) is 49.3 Å². The van der Waals surface area contributed by atoms with Gasteiger partial charge in [-0.05, 0) is 69.5 Å². The maximum Gasteiger partial charge on any atom is 0.240 e. The van der Waals surface area contributed by atoms with Crippen molar-refractivity contribution in [3.05, 3.63) is 59.4 Å². The number of hydrogen-bond acceptors (Lipinski definition) is 4. The molecule has 0 saturated carbocycles. The third-order valence-electron chi connectivity index (χ3n) is 5.00. The van der Waals surface area contributed by atoms with Crippen LogP contribution in [0.4, 0.5) is 0 Å². The van der Waals surface area contributed by atoms with Crippen molar-refractivity contribution in [3.63, 3.8) is 0 Å². The van der Waals surface area contributed by atoms with Crippen molar-refractivity contribution in [2.24, 2.45) is 5.92 Å². The number of likely N-dealkylation sites (tertiary alicyclic amines) is 1. The quantitative estimate of drug-likeness (QED) is 0.846. The van der Waals surface area contributed by atoms with Gasteiger partial charge in [0.25, 0.3) is 0 Å². The van der Waals surface area contributed by atoms with Crippen molar-refractivity contribution >= 4 is 10.0 Å². The summed E-state index contributed by atoms with van der Waals surface area (Å²) in [7, 11) is -3.44. The summed E-state index contributed by atoms with van der Waals surface area (Å²) in [5.74, 6) is 0.385. The predicted octanol–water partition coefficient (Wildman–Crippen LogP) is 2.89. The van der Waals surface area contributed by atoms with Gasteiger partial charge in [0.15, 0.2) is 0 Å². The summed E-state index contributed by atoms with van der Waals surface area (Å²) in [6, 6.07) is 11.4. The summed E-state index contributed by atoms with van der Waals surface area (Å²) < 4.78 is 28.0. The minimum atomic E-state index is -3.44. The third-order valence-corrected chi connectivity index (χ3v) is 6.58. The number of nitrogens with one attached hydrogen (secondary N) is 1. The first-order chi connectivity index (χ1) is 12.4. The minimum Gasteiger partial charge on any atom is -0.297 e. The molecule has 1 fully saturated rings. The lowest BCUT2D eigenvalue weighted by atomic mass is 9.97. The molecule has 1 aromatic carbocycles. The van der Waals surface area contributed by atoms with Gasteiger partial charge in [0.05, 0.1) is 10.6 Å². The fraction of sp³-hybridized carbons (Fsp3) is 0.450. The monoisotopic (exact) mass is 373 g/mol. The zero-order valence-corrected chi connectivity index (χ0v) is 16.3. The number of piperidine rings is 1. The van der Waals surface area contributed by atoms with Crippen molar-refractivity contribution < 1.29 is 8.42 Å². The van der Waals surface area contributed by atoms with Crippen molar-refractivity contribution in [3.8, 4) is 0 Å². The number of hydrogen-bond donors (Lipinski definition) is 1. The van der Waals surface area contributed by atoms with Crippen molar-refractivity contribution in [2.75, 3.05) is 19.6 Å². The number of pyridine rings is 1. The Morgan fingerprint density at radius 2 is 1.92 bits per heavy atom. The molecule has 140 valence electrons. The van der Waals surface area contributed by atoms with Crippen LogP contribution < -0.4 is 4.72 Å². The van der Waals surface area contributed by atoms with E-state index in [1.165, 1.54) is 0 Å².